The lowest BCUT2D eigenvalue weighted by atomic mass is 10.3. The second-order valence-corrected chi connectivity index (χ2v) is 2.42. The van der Waals surface area contributed by atoms with Gasteiger partial charge < -0.3 is 9.64 Å². The van der Waals surface area contributed by atoms with Crippen molar-refractivity contribution in [3.05, 3.63) is 24.3 Å². The first-order valence-electron chi connectivity index (χ1n) is 6.60. The number of esters is 1. The number of rotatable bonds is 2. The van der Waals surface area contributed by atoms with Gasteiger partial charge in [0.15, 0.2) is 0 Å². The third-order valence-electron chi connectivity index (χ3n) is 1.36. The first kappa shape index (κ1) is 4.13. The van der Waals surface area contributed by atoms with E-state index in [0.29, 0.717) is 4.90 Å². The fraction of sp³-hybridized carbons (Fsp3) is 0.300. The van der Waals surface area contributed by atoms with Crippen LogP contribution in [0.15, 0.2) is 24.3 Å². The second kappa shape index (κ2) is 3.94. The Balaban J connectivity index is 3.09. The molecule has 0 aliphatic heterocycles. The first-order valence-corrected chi connectivity index (χ1v) is 3.60. The molecule has 70 valence electrons. The molecule has 0 spiro atoms. The van der Waals surface area contributed by atoms with Crippen LogP contribution < -0.4 is 9.64 Å². The molecule has 0 atom stereocenters. The van der Waals surface area contributed by atoms with E-state index in [9.17, 15) is 4.79 Å². The number of anilines is 1. The Labute approximate surface area is 86.4 Å². The van der Waals surface area contributed by atoms with Gasteiger partial charge in [0.2, 0.25) is 0 Å². The molecule has 13 heavy (non-hydrogen) atoms. The first-order chi connectivity index (χ1) is 8.51. The molecule has 0 heterocycles. The van der Waals surface area contributed by atoms with Crippen LogP contribution in [-0.2, 0) is 4.79 Å². The van der Waals surface area contributed by atoms with Crippen molar-refractivity contribution in [2.24, 2.45) is 0 Å². The van der Waals surface area contributed by atoms with E-state index in [1.807, 2.05) is 0 Å². The summed E-state index contributed by atoms with van der Waals surface area (Å²) >= 11 is 0. The van der Waals surface area contributed by atoms with Gasteiger partial charge in [-0.2, -0.15) is 0 Å². The number of carbonyl (C=O) groups excluding carboxylic acids is 1. The van der Waals surface area contributed by atoms with Gasteiger partial charge in [-0.1, -0.05) is 0 Å². The van der Waals surface area contributed by atoms with Crippen LogP contribution in [0.2, 0.25) is 0 Å². The molecule has 0 amide bonds. The summed E-state index contributed by atoms with van der Waals surface area (Å²) in [7, 11) is 0. The Hall–Kier alpha value is -1.51. The molecule has 3 nitrogen and oxygen atoms in total. The second-order valence-electron chi connectivity index (χ2n) is 2.42. The van der Waals surface area contributed by atoms with Gasteiger partial charge in [0.25, 0.3) is 0 Å². The predicted molar refractivity (Wildman–Crippen MR) is 52.1 cm³/mol. The smallest absolute Gasteiger partial charge is 0.308 e. The van der Waals surface area contributed by atoms with E-state index in [0.717, 1.165) is 0 Å². The molecule has 3 heteroatoms. The van der Waals surface area contributed by atoms with E-state index >= 15 is 0 Å². The van der Waals surface area contributed by atoms with E-state index in [1.165, 1.54) is 31.2 Å². The summed E-state index contributed by atoms with van der Waals surface area (Å²) < 4.78 is 48.4. The monoisotopic (exact) mass is 186 g/mol. The number of ether oxygens (including phenoxy) is 1. The fourth-order valence-electron chi connectivity index (χ4n) is 0.829. The number of hydrogen-bond donors (Lipinski definition) is 0. The Kier molecular flexibility index (Phi) is 1.25. The molecule has 0 aromatic heterocycles. The standard InChI is InChI=1S/C10H13NO2/c1-8(12)13-10-6-4-9(5-7-10)11(2)3/h4-7H,1-3H3/i2D3,3D3,11+1. The quantitative estimate of drug-likeness (QED) is 0.400. The molecular formula is C10H13NO2. The van der Waals surface area contributed by atoms with Crippen molar-refractivity contribution in [3.63, 3.8) is 0 Å². The fourth-order valence-corrected chi connectivity index (χ4v) is 0.829. The van der Waals surface area contributed by atoms with Gasteiger partial charge in [-0.15, -0.1) is 0 Å². The number of nitrogens with zero attached hydrogens (tertiary/aromatic N) is 1. The zero-order valence-corrected chi connectivity index (χ0v) is 7.07. The van der Waals surface area contributed by atoms with Gasteiger partial charge in [0, 0.05) is 34.8 Å². The highest BCUT2D eigenvalue weighted by atomic mass is 16.5. The van der Waals surface area contributed by atoms with Crippen molar-refractivity contribution >= 4 is 11.7 Å². The molecule has 0 bridgehead atoms. The highest BCUT2D eigenvalue weighted by Crippen LogP contribution is 2.17. The highest BCUT2D eigenvalue weighted by Gasteiger charge is 1.98. The summed E-state index contributed by atoms with van der Waals surface area (Å²) in [6, 6.07) is 5.22. The average Bonchev–Trinajstić information content (AvgIpc) is 2.15. The maximum Gasteiger partial charge on any atom is 0.308 e. The Morgan fingerprint density at radius 3 is 2.46 bits per heavy atom. The lowest BCUT2D eigenvalue weighted by Crippen LogP contribution is -2.08. The van der Waals surface area contributed by atoms with Crippen molar-refractivity contribution < 1.29 is 17.8 Å². The van der Waals surface area contributed by atoms with E-state index in [-0.39, 0.29) is 11.4 Å². The lowest BCUT2D eigenvalue weighted by molar-refractivity contribution is -0.131. The van der Waals surface area contributed by atoms with Crippen LogP contribution in [0.4, 0.5) is 5.69 Å². The van der Waals surface area contributed by atoms with Gasteiger partial charge >= 0.3 is 5.97 Å². The normalized spacial score (nSPS) is 18.2. The largest absolute Gasteiger partial charge is 0.427 e. The van der Waals surface area contributed by atoms with E-state index in [4.69, 9.17) is 13.0 Å². The van der Waals surface area contributed by atoms with Crippen molar-refractivity contribution in [2.75, 3.05) is 18.9 Å². The third kappa shape index (κ3) is 2.78. The van der Waals surface area contributed by atoms with E-state index in [1.54, 1.807) is 0 Å². The Morgan fingerprint density at radius 1 is 1.38 bits per heavy atom. The summed E-state index contributed by atoms with van der Waals surface area (Å²) in [5, 5.41) is 0. The number of hydrogen-bond acceptors (Lipinski definition) is 3. The third-order valence-corrected chi connectivity index (χ3v) is 1.36. The molecule has 1 rings (SSSR count). The molecule has 0 unspecified atom stereocenters. The van der Waals surface area contributed by atoms with Crippen molar-refractivity contribution in [1.82, 2.24) is 0 Å². The minimum atomic E-state index is -2.80. The summed E-state index contributed by atoms with van der Waals surface area (Å²) in [4.78, 5) is 11.1. The number of benzene rings is 1. The predicted octanol–water partition coefficient (Wildman–Crippen LogP) is 1.68. The molecule has 1 aromatic carbocycles. The van der Waals surface area contributed by atoms with E-state index < -0.39 is 19.9 Å². The molecule has 0 N–H and O–H groups in total. The SMILES string of the molecule is [2H]C([2H])([2H])[15N](c1ccc(OC(C)=O)cc1)C([2H])([2H])[2H]. The average molecular weight is 186 g/mol. The zero-order chi connectivity index (χ0) is 14.8. The minimum absolute atomic E-state index is 0.00379. The molecule has 0 aliphatic rings. The van der Waals surface area contributed by atoms with Gasteiger partial charge in [-0.3, -0.25) is 4.79 Å². The van der Waals surface area contributed by atoms with Crippen LogP contribution in [0, 0.1) is 0 Å². The number of carbonyl (C=O) groups is 1. The molecular weight excluding hydrogens is 167 g/mol. The molecule has 0 fully saturated rings. The van der Waals surface area contributed by atoms with Crippen molar-refractivity contribution in [2.45, 2.75) is 6.92 Å². The Bertz CT molecular complexity index is 437. The highest BCUT2D eigenvalue weighted by molar-refractivity contribution is 5.69. The van der Waals surface area contributed by atoms with Gasteiger partial charge in [-0.25, -0.2) is 0 Å². The summed E-state index contributed by atoms with van der Waals surface area (Å²) in [6.45, 7) is -4.37. The van der Waals surface area contributed by atoms with Gasteiger partial charge in [0.05, 0.1) is 0 Å². The van der Waals surface area contributed by atoms with Crippen LogP contribution in [-0.4, -0.2) is 19.9 Å². The summed E-state index contributed by atoms with van der Waals surface area (Å²) in [5.41, 5.74) is -0.00379. The van der Waals surface area contributed by atoms with E-state index in [2.05, 4.69) is 0 Å². The topological polar surface area (TPSA) is 29.5 Å². The molecule has 0 saturated heterocycles. The van der Waals surface area contributed by atoms with Gasteiger partial charge in [0.1, 0.15) is 5.75 Å². The summed E-state index contributed by atoms with van der Waals surface area (Å²) in [5.74, 6) is -0.302. The van der Waals surface area contributed by atoms with Crippen LogP contribution in [0.5, 0.6) is 5.75 Å². The Morgan fingerprint density at radius 2 is 2.00 bits per heavy atom. The van der Waals surface area contributed by atoms with Crippen LogP contribution in [0.25, 0.3) is 0 Å². The summed E-state index contributed by atoms with van der Waals surface area (Å²) in [6.07, 6.45) is 0. The zero-order valence-electron chi connectivity index (χ0n) is 13.1. The molecule has 0 saturated carbocycles. The van der Waals surface area contributed by atoms with Crippen LogP contribution >= 0.6 is 0 Å². The van der Waals surface area contributed by atoms with Crippen LogP contribution in [0.3, 0.4) is 0 Å². The maximum atomic E-state index is 10.7. The molecule has 0 aliphatic carbocycles. The van der Waals surface area contributed by atoms with Crippen molar-refractivity contribution in [1.29, 1.82) is 0 Å². The molecule has 1 aromatic rings. The van der Waals surface area contributed by atoms with Crippen molar-refractivity contribution in [3.8, 4) is 5.75 Å². The maximum absolute atomic E-state index is 10.7. The minimum Gasteiger partial charge on any atom is -0.427 e. The van der Waals surface area contributed by atoms with Gasteiger partial charge in [-0.05, 0) is 24.3 Å². The lowest BCUT2D eigenvalue weighted by Gasteiger charge is -2.12. The van der Waals surface area contributed by atoms with Crippen LogP contribution in [0.1, 0.15) is 15.1 Å². The molecule has 0 radical (unpaired) electrons.